The molecule has 0 aliphatic carbocycles. The van der Waals surface area contributed by atoms with Crippen molar-refractivity contribution in [2.75, 3.05) is 18.2 Å². The third kappa shape index (κ3) is 4.46. The number of anilines is 1. The van der Waals surface area contributed by atoms with Crippen LogP contribution in [0.3, 0.4) is 0 Å². The van der Waals surface area contributed by atoms with Crippen LogP contribution in [0.1, 0.15) is 11.1 Å². The number of nitrogens with zero attached hydrogens (tertiary/aromatic N) is 3. The van der Waals surface area contributed by atoms with Crippen LogP contribution in [0.5, 0.6) is 5.75 Å². The molecule has 2 aromatic carbocycles. The molecule has 4 aromatic rings. The standard InChI is InChI=1S/C22H21N5O3S/c1-13-4-9-18(14(2)10-13)24-19(28)12-31-22-25-20-17(21(29)26-22)11-23-27(20)15-5-7-16(30-3)8-6-15/h4-11H,12H2,1-3H3,(H,24,28)(H,25,26,29). The normalized spacial score (nSPS) is 10.9. The first-order valence-corrected chi connectivity index (χ1v) is 10.6. The second-order valence-corrected chi connectivity index (χ2v) is 7.98. The molecule has 0 saturated carbocycles. The Labute approximate surface area is 182 Å². The molecule has 0 aliphatic rings. The van der Waals surface area contributed by atoms with Gasteiger partial charge in [-0.2, -0.15) is 5.10 Å². The molecule has 8 nitrogen and oxygen atoms in total. The van der Waals surface area contributed by atoms with Gasteiger partial charge in [-0.25, -0.2) is 9.67 Å². The van der Waals surface area contributed by atoms with Crippen LogP contribution in [0, 0.1) is 13.8 Å². The Morgan fingerprint density at radius 1 is 1.19 bits per heavy atom. The first-order chi connectivity index (χ1) is 14.9. The lowest BCUT2D eigenvalue weighted by atomic mass is 10.1. The van der Waals surface area contributed by atoms with E-state index >= 15 is 0 Å². The smallest absolute Gasteiger partial charge is 0.262 e. The van der Waals surface area contributed by atoms with Gasteiger partial charge < -0.3 is 15.0 Å². The van der Waals surface area contributed by atoms with E-state index in [9.17, 15) is 9.59 Å². The number of methoxy groups -OCH3 is 1. The summed E-state index contributed by atoms with van der Waals surface area (Å²) < 4.78 is 6.77. The van der Waals surface area contributed by atoms with Gasteiger partial charge in [-0.1, -0.05) is 29.5 Å². The maximum atomic E-state index is 12.5. The number of carbonyl (C=O) groups is 1. The van der Waals surface area contributed by atoms with E-state index in [4.69, 9.17) is 4.74 Å². The quantitative estimate of drug-likeness (QED) is 0.355. The fourth-order valence-electron chi connectivity index (χ4n) is 3.15. The lowest BCUT2D eigenvalue weighted by molar-refractivity contribution is -0.113. The van der Waals surface area contributed by atoms with E-state index in [0.717, 1.165) is 40.0 Å². The number of rotatable bonds is 6. The lowest BCUT2D eigenvalue weighted by Crippen LogP contribution is -2.16. The molecule has 0 fully saturated rings. The predicted octanol–water partition coefficient (Wildman–Crippen LogP) is 3.47. The maximum Gasteiger partial charge on any atom is 0.262 e. The number of hydrogen-bond donors (Lipinski definition) is 2. The van der Waals surface area contributed by atoms with Gasteiger partial charge in [-0.05, 0) is 49.7 Å². The zero-order chi connectivity index (χ0) is 22.0. The van der Waals surface area contributed by atoms with Crippen molar-refractivity contribution in [1.82, 2.24) is 19.7 Å². The maximum absolute atomic E-state index is 12.5. The fourth-order valence-corrected chi connectivity index (χ4v) is 3.81. The Morgan fingerprint density at radius 2 is 1.97 bits per heavy atom. The zero-order valence-corrected chi connectivity index (χ0v) is 18.1. The molecule has 2 N–H and O–H groups in total. The van der Waals surface area contributed by atoms with Crippen LogP contribution in [0.2, 0.25) is 0 Å². The summed E-state index contributed by atoms with van der Waals surface area (Å²) in [5.41, 5.74) is 3.76. The van der Waals surface area contributed by atoms with Gasteiger partial charge in [0.1, 0.15) is 11.1 Å². The average molecular weight is 436 g/mol. The number of hydrogen-bond acceptors (Lipinski definition) is 6. The number of amides is 1. The highest BCUT2D eigenvalue weighted by molar-refractivity contribution is 7.99. The van der Waals surface area contributed by atoms with Crippen molar-refractivity contribution in [3.63, 3.8) is 0 Å². The highest BCUT2D eigenvalue weighted by atomic mass is 32.2. The van der Waals surface area contributed by atoms with Crippen LogP contribution < -0.4 is 15.6 Å². The van der Waals surface area contributed by atoms with Crippen LogP contribution in [-0.2, 0) is 4.79 Å². The molecular formula is C22H21N5O3S. The topological polar surface area (TPSA) is 102 Å². The molecule has 0 saturated heterocycles. The number of carbonyl (C=O) groups excluding carboxylic acids is 1. The molecule has 0 bridgehead atoms. The first-order valence-electron chi connectivity index (χ1n) is 9.57. The average Bonchev–Trinajstić information content (AvgIpc) is 3.19. The Kier molecular flexibility index (Phi) is 5.77. The number of H-pyrrole nitrogens is 1. The van der Waals surface area contributed by atoms with Crippen molar-refractivity contribution >= 4 is 34.4 Å². The van der Waals surface area contributed by atoms with Gasteiger partial charge >= 0.3 is 0 Å². The number of fused-ring (bicyclic) bond motifs is 1. The minimum absolute atomic E-state index is 0.110. The zero-order valence-electron chi connectivity index (χ0n) is 17.3. The number of nitrogens with one attached hydrogen (secondary N) is 2. The number of aromatic amines is 1. The monoisotopic (exact) mass is 435 g/mol. The van der Waals surface area contributed by atoms with E-state index in [2.05, 4.69) is 20.4 Å². The van der Waals surface area contributed by atoms with E-state index in [1.54, 1.807) is 11.8 Å². The van der Waals surface area contributed by atoms with E-state index < -0.39 is 0 Å². The highest BCUT2D eigenvalue weighted by Gasteiger charge is 2.13. The minimum Gasteiger partial charge on any atom is -0.497 e. The summed E-state index contributed by atoms with van der Waals surface area (Å²) in [5, 5.41) is 7.91. The largest absolute Gasteiger partial charge is 0.497 e. The second kappa shape index (κ2) is 8.65. The summed E-state index contributed by atoms with van der Waals surface area (Å²) in [4.78, 5) is 32.1. The number of thioether (sulfide) groups is 1. The van der Waals surface area contributed by atoms with Crippen LogP contribution in [0.4, 0.5) is 5.69 Å². The number of aromatic nitrogens is 4. The molecule has 4 rings (SSSR count). The van der Waals surface area contributed by atoms with Crippen molar-refractivity contribution in [2.24, 2.45) is 0 Å². The molecular weight excluding hydrogens is 414 g/mol. The van der Waals surface area contributed by atoms with E-state index in [1.165, 1.54) is 6.20 Å². The third-order valence-corrected chi connectivity index (χ3v) is 5.60. The minimum atomic E-state index is -0.304. The highest BCUT2D eigenvalue weighted by Crippen LogP contribution is 2.21. The SMILES string of the molecule is COc1ccc(-n2ncc3c(=O)[nH]c(SCC(=O)Nc4ccc(C)cc4C)nc32)cc1. The van der Waals surface area contributed by atoms with Crippen LogP contribution in [0.25, 0.3) is 16.7 Å². The van der Waals surface area contributed by atoms with Gasteiger partial charge in [0.2, 0.25) is 5.91 Å². The van der Waals surface area contributed by atoms with Crippen LogP contribution >= 0.6 is 11.8 Å². The van der Waals surface area contributed by atoms with Crippen molar-refractivity contribution in [3.05, 3.63) is 70.1 Å². The molecule has 0 aliphatic heterocycles. The molecule has 1 amide bonds. The van der Waals surface area contributed by atoms with Crippen molar-refractivity contribution in [3.8, 4) is 11.4 Å². The fraction of sp³-hybridized carbons (Fsp3) is 0.182. The van der Waals surface area contributed by atoms with E-state index in [-0.39, 0.29) is 17.2 Å². The van der Waals surface area contributed by atoms with E-state index in [1.807, 2.05) is 56.3 Å². The van der Waals surface area contributed by atoms with Gasteiger partial charge in [-0.3, -0.25) is 9.59 Å². The second-order valence-electron chi connectivity index (χ2n) is 7.02. The summed E-state index contributed by atoms with van der Waals surface area (Å²) >= 11 is 1.16. The predicted molar refractivity (Wildman–Crippen MR) is 121 cm³/mol. The van der Waals surface area contributed by atoms with Gasteiger partial charge in [0.05, 0.1) is 24.7 Å². The molecule has 2 heterocycles. The Balaban J connectivity index is 1.54. The van der Waals surface area contributed by atoms with Gasteiger partial charge in [0.25, 0.3) is 5.56 Å². The molecule has 0 atom stereocenters. The number of aryl methyl sites for hydroxylation is 2. The van der Waals surface area contributed by atoms with Crippen molar-refractivity contribution in [2.45, 2.75) is 19.0 Å². The summed E-state index contributed by atoms with van der Waals surface area (Å²) in [5.74, 6) is 0.652. The summed E-state index contributed by atoms with van der Waals surface area (Å²) in [6.45, 7) is 3.95. The molecule has 2 aromatic heterocycles. The Morgan fingerprint density at radius 3 is 2.68 bits per heavy atom. The summed E-state index contributed by atoms with van der Waals surface area (Å²) in [6.07, 6.45) is 1.48. The van der Waals surface area contributed by atoms with Gasteiger partial charge in [-0.15, -0.1) is 0 Å². The number of benzene rings is 2. The van der Waals surface area contributed by atoms with Crippen molar-refractivity contribution in [1.29, 1.82) is 0 Å². The van der Waals surface area contributed by atoms with Gasteiger partial charge in [0, 0.05) is 5.69 Å². The third-order valence-electron chi connectivity index (χ3n) is 4.73. The Hall–Kier alpha value is -3.59. The number of ether oxygens (including phenoxy) is 1. The molecule has 158 valence electrons. The molecule has 0 spiro atoms. The first kappa shape index (κ1) is 20.7. The molecule has 9 heteroatoms. The van der Waals surface area contributed by atoms with Crippen molar-refractivity contribution < 1.29 is 9.53 Å². The summed E-state index contributed by atoms with van der Waals surface area (Å²) in [6, 6.07) is 13.1. The van der Waals surface area contributed by atoms with Crippen LogP contribution in [0.15, 0.2) is 58.6 Å². The molecule has 0 unspecified atom stereocenters. The summed E-state index contributed by atoms with van der Waals surface area (Å²) in [7, 11) is 1.60. The lowest BCUT2D eigenvalue weighted by Gasteiger charge is -2.09. The Bertz CT molecular complexity index is 1310. The van der Waals surface area contributed by atoms with E-state index in [0.29, 0.717) is 16.2 Å². The molecule has 31 heavy (non-hydrogen) atoms. The van der Waals surface area contributed by atoms with Crippen LogP contribution in [-0.4, -0.2) is 38.5 Å². The molecule has 0 radical (unpaired) electrons. The van der Waals surface area contributed by atoms with Gasteiger partial charge in [0.15, 0.2) is 10.8 Å².